The summed E-state index contributed by atoms with van der Waals surface area (Å²) in [6.45, 7) is 0.131. The average Bonchev–Trinajstić information content (AvgIpc) is 2.96. The highest BCUT2D eigenvalue weighted by atomic mass is 32.1. The van der Waals surface area contributed by atoms with Gasteiger partial charge in [-0.3, -0.25) is 0 Å². The third-order valence-corrected chi connectivity index (χ3v) is 3.79. The Morgan fingerprint density at radius 1 is 1.32 bits per heavy atom. The maximum Gasteiger partial charge on any atom is 0.387 e. The predicted octanol–water partition coefficient (Wildman–Crippen LogP) is 4.63. The van der Waals surface area contributed by atoms with Crippen LogP contribution in [0, 0.1) is 0 Å². The van der Waals surface area contributed by atoms with Crippen molar-refractivity contribution in [1.82, 2.24) is 4.98 Å². The Morgan fingerprint density at radius 2 is 2.14 bits per heavy atom. The summed E-state index contributed by atoms with van der Waals surface area (Å²) in [4.78, 5) is 4.48. The van der Waals surface area contributed by atoms with Gasteiger partial charge in [0.2, 0.25) is 0 Å². The number of hydrogen-bond donors (Lipinski definition) is 1. The fraction of sp³-hybridized carbons (Fsp3) is 0.400. The Kier molecular flexibility index (Phi) is 5.94. The van der Waals surface area contributed by atoms with E-state index >= 15 is 0 Å². The number of aromatic nitrogens is 1. The topological polar surface area (TPSA) is 43.4 Å². The highest BCUT2D eigenvalue weighted by molar-refractivity contribution is 7.14. The van der Waals surface area contributed by atoms with Gasteiger partial charge in [0.15, 0.2) is 16.6 Å². The van der Waals surface area contributed by atoms with E-state index < -0.39 is 6.61 Å². The molecule has 0 aliphatic carbocycles. The molecule has 0 unspecified atom stereocenters. The second-order valence-corrected chi connectivity index (χ2v) is 5.42. The van der Waals surface area contributed by atoms with Gasteiger partial charge in [-0.25, -0.2) is 4.98 Å². The second-order valence-electron chi connectivity index (χ2n) is 4.56. The zero-order valence-electron chi connectivity index (χ0n) is 12.4. The molecule has 0 radical (unpaired) electrons. The first-order valence-corrected chi connectivity index (χ1v) is 7.84. The number of rotatable bonds is 8. The minimum atomic E-state index is -2.88. The number of nitrogens with one attached hydrogen (secondary N) is 1. The van der Waals surface area contributed by atoms with Crippen LogP contribution in [-0.4, -0.2) is 25.3 Å². The van der Waals surface area contributed by atoms with Gasteiger partial charge in [0.05, 0.1) is 12.8 Å². The maximum atomic E-state index is 12.3. The fourth-order valence-corrected chi connectivity index (χ4v) is 2.63. The van der Waals surface area contributed by atoms with Crippen LogP contribution in [0.25, 0.3) is 11.3 Å². The minimum absolute atomic E-state index is 0.0118. The molecule has 22 heavy (non-hydrogen) atoms. The van der Waals surface area contributed by atoms with Gasteiger partial charge in [0.25, 0.3) is 0 Å². The molecule has 0 fully saturated rings. The van der Waals surface area contributed by atoms with Gasteiger partial charge in [-0.2, -0.15) is 8.78 Å². The van der Waals surface area contributed by atoms with E-state index in [-0.39, 0.29) is 11.5 Å². The Labute approximate surface area is 132 Å². The number of anilines is 1. The summed E-state index contributed by atoms with van der Waals surface area (Å²) in [7, 11) is 1.41. The van der Waals surface area contributed by atoms with Gasteiger partial charge in [-0.1, -0.05) is 13.3 Å². The molecule has 1 aromatic heterocycles. The van der Waals surface area contributed by atoms with Crippen LogP contribution in [0.2, 0.25) is 0 Å². The average molecular weight is 328 g/mol. The zero-order valence-corrected chi connectivity index (χ0v) is 13.3. The summed E-state index contributed by atoms with van der Waals surface area (Å²) >= 11 is 1.51. The summed E-state index contributed by atoms with van der Waals surface area (Å²) in [5.74, 6) is 0.268. The van der Waals surface area contributed by atoms with E-state index in [0.29, 0.717) is 0 Å². The Balaban J connectivity index is 2.15. The second kappa shape index (κ2) is 7.93. The Hall–Kier alpha value is -1.89. The Bertz CT molecular complexity index is 605. The van der Waals surface area contributed by atoms with E-state index in [1.807, 2.05) is 5.38 Å². The lowest BCUT2D eigenvalue weighted by molar-refractivity contribution is -0.0512. The molecule has 0 saturated heterocycles. The first-order valence-electron chi connectivity index (χ1n) is 6.96. The van der Waals surface area contributed by atoms with Crippen molar-refractivity contribution in [2.75, 3.05) is 19.0 Å². The number of ether oxygens (including phenoxy) is 2. The normalized spacial score (nSPS) is 10.8. The maximum absolute atomic E-state index is 12.3. The highest BCUT2D eigenvalue weighted by Gasteiger charge is 2.13. The van der Waals surface area contributed by atoms with Crippen LogP contribution in [0.3, 0.4) is 0 Å². The number of halogens is 2. The molecular weight excluding hydrogens is 310 g/mol. The standard InChI is InChI=1S/C15H18F2N2O2S/c1-3-4-7-18-15-19-11(9-22-15)10-5-6-12(21-14(16)17)13(8-10)20-2/h5-6,8-9,14H,3-4,7H2,1-2H3,(H,18,19). The van der Waals surface area contributed by atoms with Crippen LogP contribution in [0.15, 0.2) is 23.6 Å². The van der Waals surface area contributed by atoms with Crippen molar-refractivity contribution in [1.29, 1.82) is 0 Å². The van der Waals surface area contributed by atoms with E-state index in [9.17, 15) is 8.78 Å². The summed E-state index contributed by atoms with van der Waals surface area (Å²) < 4.78 is 34.1. The molecule has 0 aliphatic rings. The third kappa shape index (κ3) is 4.30. The number of benzene rings is 1. The molecule has 0 bridgehead atoms. The lowest BCUT2D eigenvalue weighted by Crippen LogP contribution is -2.03. The van der Waals surface area contributed by atoms with E-state index in [2.05, 4.69) is 22.0 Å². The molecule has 2 aromatic rings. The van der Waals surface area contributed by atoms with Crippen molar-refractivity contribution in [3.05, 3.63) is 23.6 Å². The molecule has 2 rings (SSSR count). The van der Waals surface area contributed by atoms with Gasteiger partial charge < -0.3 is 14.8 Å². The monoisotopic (exact) mass is 328 g/mol. The molecule has 4 nitrogen and oxygen atoms in total. The number of unbranched alkanes of at least 4 members (excludes halogenated alkanes) is 1. The van der Waals surface area contributed by atoms with Crippen molar-refractivity contribution in [3.8, 4) is 22.8 Å². The van der Waals surface area contributed by atoms with Crippen LogP contribution in [0.4, 0.5) is 13.9 Å². The predicted molar refractivity (Wildman–Crippen MR) is 84.1 cm³/mol. The van der Waals surface area contributed by atoms with E-state index in [1.54, 1.807) is 12.1 Å². The van der Waals surface area contributed by atoms with Crippen LogP contribution >= 0.6 is 11.3 Å². The summed E-state index contributed by atoms with van der Waals surface area (Å²) in [5, 5.41) is 6.01. The van der Waals surface area contributed by atoms with Gasteiger partial charge in [0, 0.05) is 17.5 Å². The molecule has 0 amide bonds. The largest absolute Gasteiger partial charge is 0.493 e. The molecule has 0 saturated carbocycles. The van der Waals surface area contributed by atoms with Crippen LogP contribution < -0.4 is 14.8 Å². The number of alkyl halides is 2. The van der Waals surface area contributed by atoms with E-state index in [4.69, 9.17) is 4.74 Å². The van der Waals surface area contributed by atoms with Crippen molar-refractivity contribution in [3.63, 3.8) is 0 Å². The highest BCUT2D eigenvalue weighted by Crippen LogP contribution is 2.34. The zero-order chi connectivity index (χ0) is 15.9. The van der Waals surface area contributed by atoms with Crippen LogP contribution in [0.1, 0.15) is 19.8 Å². The molecule has 0 spiro atoms. The van der Waals surface area contributed by atoms with Gasteiger partial charge in [-0.05, 0) is 24.6 Å². The number of methoxy groups -OCH3 is 1. The first kappa shape index (κ1) is 16.5. The lowest BCUT2D eigenvalue weighted by Gasteiger charge is -2.10. The molecule has 1 aromatic carbocycles. The number of hydrogen-bond acceptors (Lipinski definition) is 5. The molecule has 1 N–H and O–H groups in total. The van der Waals surface area contributed by atoms with Crippen molar-refractivity contribution in [2.45, 2.75) is 26.4 Å². The SMILES string of the molecule is CCCCNc1nc(-c2ccc(OC(F)F)c(OC)c2)cs1. The van der Waals surface area contributed by atoms with Gasteiger partial charge in [0.1, 0.15) is 0 Å². The minimum Gasteiger partial charge on any atom is -0.493 e. The summed E-state index contributed by atoms with van der Waals surface area (Å²) in [6, 6.07) is 4.79. The van der Waals surface area contributed by atoms with Gasteiger partial charge >= 0.3 is 6.61 Å². The fourth-order valence-electron chi connectivity index (χ4n) is 1.88. The van der Waals surface area contributed by atoms with Crippen molar-refractivity contribution in [2.24, 2.45) is 0 Å². The van der Waals surface area contributed by atoms with E-state index in [0.717, 1.165) is 35.8 Å². The molecular formula is C15H18F2N2O2S. The summed E-state index contributed by atoms with van der Waals surface area (Å²) in [5.41, 5.74) is 1.56. The quantitative estimate of drug-likeness (QED) is 0.717. The molecule has 120 valence electrons. The first-order chi connectivity index (χ1) is 10.6. The molecule has 0 aliphatic heterocycles. The van der Waals surface area contributed by atoms with Crippen molar-refractivity contribution >= 4 is 16.5 Å². The molecule has 0 atom stereocenters. The molecule has 1 heterocycles. The Morgan fingerprint density at radius 3 is 2.82 bits per heavy atom. The molecule has 7 heteroatoms. The van der Waals surface area contributed by atoms with Crippen LogP contribution in [-0.2, 0) is 0 Å². The van der Waals surface area contributed by atoms with Gasteiger partial charge in [-0.15, -0.1) is 11.3 Å². The smallest absolute Gasteiger partial charge is 0.387 e. The van der Waals surface area contributed by atoms with E-state index in [1.165, 1.54) is 24.5 Å². The number of nitrogens with zero attached hydrogens (tertiary/aromatic N) is 1. The van der Waals surface area contributed by atoms with Crippen LogP contribution in [0.5, 0.6) is 11.5 Å². The summed E-state index contributed by atoms with van der Waals surface area (Å²) in [6.07, 6.45) is 2.20. The lowest BCUT2D eigenvalue weighted by atomic mass is 10.1. The number of thiazole rings is 1. The van der Waals surface area contributed by atoms with Crippen molar-refractivity contribution < 1.29 is 18.3 Å². The third-order valence-electron chi connectivity index (χ3n) is 2.99.